The molecule has 5 aromatic carbocycles. The molecule has 2 N–H and O–H groups in total. The van der Waals surface area contributed by atoms with Crippen molar-refractivity contribution in [3.05, 3.63) is 153 Å². The molecule has 0 spiro atoms. The molecule has 0 atom stereocenters. The van der Waals surface area contributed by atoms with Gasteiger partial charge in [0.15, 0.2) is 0 Å². The van der Waals surface area contributed by atoms with Gasteiger partial charge in [-0.1, -0.05) is 221 Å². The third-order valence-corrected chi connectivity index (χ3v) is 15.6. The molecule has 0 radical (unpaired) electrons. The molecular formula is C73H102N6. The van der Waals surface area contributed by atoms with Gasteiger partial charge in [-0.3, -0.25) is 15.0 Å². The number of hydrogen-bond acceptors (Lipinski definition) is 4. The van der Waals surface area contributed by atoms with E-state index in [0.717, 1.165) is 36.1 Å². The van der Waals surface area contributed by atoms with Crippen LogP contribution in [0, 0.1) is 16.7 Å². The fourth-order valence-electron chi connectivity index (χ4n) is 9.60. The van der Waals surface area contributed by atoms with Crippen LogP contribution in [0.1, 0.15) is 252 Å². The van der Waals surface area contributed by atoms with Crippen LogP contribution in [0.25, 0.3) is 21.9 Å². The molecule has 6 heteroatoms. The SMILES string of the molecule is CC(C)(C)C1=Nc2cc(C(C)(C)C)ccc2C1.CC(C)(C)C1=Nc2cc(C(C)(C)C)ccc2C1.CC(C)C1=Nc2cc(C(C)C)ccc2C1.CC(C)c1ccc2cc(C(C)C)[nH]c2c1.CC(C)c1ccc2nc(C(C)C)[nH]c2c1. The molecule has 0 saturated heterocycles. The summed E-state index contributed by atoms with van der Waals surface area (Å²) in [6.45, 7) is 53.4. The Kier molecular flexibility index (Phi) is 19.6. The second-order valence-electron chi connectivity index (χ2n) is 28.7. The Morgan fingerprint density at radius 2 is 0.797 bits per heavy atom. The normalized spacial score (nSPS) is 14.1. The van der Waals surface area contributed by atoms with Gasteiger partial charge in [-0.05, 0) is 133 Å². The number of nitrogens with zero attached hydrogens (tertiary/aromatic N) is 4. The van der Waals surface area contributed by atoms with E-state index in [-0.39, 0.29) is 21.7 Å². The predicted octanol–water partition coefficient (Wildman–Crippen LogP) is 21.6. The van der Waals surface area contributed by atoms with Gasteiger partial charge in [0, 0.05) is 64.4 Å². The maximum atomic E-state index is 4.81. The molecule has 424 valence electrons. The minimum atomic E-state index is 0.181. The van der Waals surface area contributed by atoms with Gasteiger partial charge < -0.3 is 9.97 Å². The molecule has 3 aliphatic heterocycles. The predicted molar refractivity (Wildman–Crippen MR) is 348 cm³/mol. The minimum Gasteiger partial charge on any atom is -0.358 e. The Hall–Kier alpha value is -5.88. The van der Waals surface area contributed by atoms with Crippen LogP contribution in [0.3, 0.4) is 0 Å². The summed E-state index contributed by atoms with van der Waals surface area (Å²) in [5, 5.41) is 1.32. The van der Waals surface area contributed by atoms with Gasteiger partial charge in [0.25, 0.3) is 0 Å². The highest BCUT2D eigenvalue weighted by atomic mass is 14.9. The van der Waals surface area contributed by atoms with E-state index in [1.165, 1.54) is 95.3 Å². The number of rotatable bonds is 6. The quantitative estimate of drug-likeness (QED) is 0.171. The molecular weight excluding hydrogens is 961 g/mol. The van der Waals surface area contributed by atoms with E-state index in [1.807, 2.05) is 0 Å². The van der Waals surface area contributed by atoms with Crippen molar-refractivity contribution in [2.24, 2.45) is 31.7 Å². The largest absolute Gasteiger partial charge is 0.358 e. The summed E-state index contributed by atoms with van der Waals surface area (Å²) in [7, 11) is 0. The number of benzene rings is 5. The Balaban J connectivity index is 0.000000160. The minimum absolute atomic E-state index is 0.181. The number of hydrogen-bond donors (Lipinski definition) is 2. The summed E-state index contributed by atoms with van der Waals surface area (Å²) in [5.74, 6) is 4.43. The highest BCUT2D eigenvalue weighted by Crippen LogP contribution is 2.38. The Morgan fingerprint density at radius 1 is 0.367 bits per heavy atom. The van der Waals surface area contributed by atoms with Crippen molar-refractivity contribution < 1.29 is 0 Å². The summed E-state index contributed by atoms with van der Waals surface area (Å²) >= 11 is 0. The number of H-pyrrole nitrogens is 2. The first kappa shape index (κ1) is 62.3. The molecule has 5 heterocycles. The first-order valence-electron chi connectivity index (χ1n) is 29.8. The molecule has 0 bridgehead atoms. The number of aromatic nitrogens is 3. The van der Waals surface area contributed by atoms with Crippen LogP contribution in [0.2, 0.25) is 0 Å². The van der Waals surface area contributed by atoms with E-state index in [0.29, 0.717) is 35.5 Å². The zero-order valence-corrected chi connectivity index (χ0v) is 53.6. The summed E-state index contributed by atoms with van der Waals surface area (Å²) in [6.07, 6.45) is 3.08. The van der Waals surface area contributed by atoms with Crippen LogP contribution in [-0.2, 0) is 30.1 Å². The van der Waals surface area contributed by atoms with Crippen molar-refractivity contribution >= 4 is 56.1 Å². The fourth-order valence-corrected chi connectivity index (χ4v) is 9.60. The molecule has 0 unspecified atom stereocenters. The number of nitrogens with one attached hydrogen (secondary N) is 2. The standard InChI is InChI=1S/2C16H23N.2C14H19N.C13H18N2/c2*1-15(2,3)12-8-7-11-9-14(16(4,5)6)17-13(11)10-12;2*1-9(2)11-5-6-12-8-13(10(3)4)15-14(12)7-11;1-8(2)10-5-6-11-12(7-10)15-13(14-11)9(3)4/h2*7-8,10H,9H2,1-6H3;5-7,9-10H,8H2,1-4H3;5-10,15H,1-4H3;5-9H,1-4H3,(H,14,15). The van der Waals surface area contributed by atoms with Crippen LogP contribution < -0.4 is 0 Å². The molecule has 10 rings (SSSR count). The Labute approximate surface area is 479 Å². The van der Waals surface area contributed by atoms with E-state index in [9.17, 15) is 0 Å². The Bertz CT molecular complexity index is 3100. The summed E-state index contributed by atoms with van der Waals surface area (Å²) in [5.41, 5.74) is 24.1. The molecule has 0 saturated carbocycles. The lowest BCUT2D eigenvalue weighted by Crippen LogP contribution is -2.19. The first-order valence-corrected chi connectivity index (χ1v) is 29.8. The molecule has 7 aromatic rings. The van der Waals surface area contributed by atoms with Crippen molar-refractivity contribution in [2.75, 3.05) is 0 Å². The average molecular weight is 1060 g/mol. The number of aliphatic imine (C=N–C) groups is 3. The molecule has 79 heavy (non-hydrogen) atoms. The van der Waals surface area contributed by atoms with Crippen LogP contribution >= 0.6 is 0 Å². The summed E-state index contributed by atoms with van der Waals surface area (Å²) in [4.78, 5) is 25.8. The lowest BCUT2D eigenvalue weighted by Gasteiger charge is -2.19. The lowest BCUT2D eigenvalue weighted by molar-refractivity contribution is 0.584. The Morgan fingerprint density at radius 3 is 1.24 bits per heavy atom. The molecule has 2 aromatic heterocycles. The van der Waals surface area contributed by atoms with Gasteiger partial charge in [-0.2, -0.15) is 0 Å². The van der Waals surface area contributed by atoms with Crippen molar-refractivity contribution in [3.8, 4) is 0 Å². The van der Waals surface area contributed by atoms with Crippen molar-refractivity contribution in [3.63, 3.8) is 0 Å². The highest BCUT2D eigenvalue weighted by molar-refractivity contribution is 5.98. The number of fused-ring (bicyclic) bond motifs is 5. The average Bonchev–Trinajstić information content (AvgIpc) is 4.28. The fraction of sp³-hybridized carbons (Fsp3) is 0.507. The van der Waals surface area contributed by atoms with E-state index >= 15 is 0 Å². The maximum absolute atomic E-state index is 4.81. The topological polar surface area (TPSA) is 81.5 Å². The van der Waals surface area contributed by atoms with Gasteiger partial charge >= 0.3 is 0 Å². The van der Waals surface area contributed by atoms with Crippen LogP contribution in [0.5, 0.6) is 0 Å². The summed E-state index contributed by atoms with van der Waals surface area (Å²) < 4.78 is 0. The molecule has 0 amide bonds. The summed E-state index contributed by atoms with van der Waals surface area (Å²) in [6, 6.07) is 35.7. The maximum Gasteiger partial charge on any atom is 0.109 e. The lowest BCUT2D eigenvalue weighted by atomic mass is 9.85. The molecule has 0 fully saturated rings. The zero-order valence-electron chi connectivity index (χ0n) is 53.6. The third-order valence-electron chi connectivity index (χ3n) is 15.6. The van der Waals surface area contributed by atoms with Crippen LogP contribution in [0.15, 0.2) is 112 Å². The zero-order chi connectivity index (χ0) is 58.7. The van der Waals surface area contributed by atoms with E-state index in [1.54, 1.807) is 0 Å². The molecule has 6 nitrogen and oxygen atoms in total. The first-order chi connectivity index (χ1) is 36.6. The monoisotopic (exact) mass is 1060 g/mol. The van der Waals surface area contributed by atoms with Gasteiger partial charge in [0.1, 0.15) is 5.82 Å². The van der Waals surface area contributed by atoms with Crippen LogP contribution in [-0.4, -0.2) is 32.1 Å². The highest BCUT2D eigenvalue weighted by Gasteiger charge is 2.28. The second kappa shape index (κ2) is 24.9. The van der Waals surface area contributed by atoms with Crippen molar-refractivity contribution in [1.82, 2.24) is 15.0 Å². The van der Waals surface area contributed by atoms with Gasteiger partial charge in [0.05, 0.1) is 28.1 Å². The van der Waals surface area contributed by atoms with E-state index in [2.05, 4.69) is 278 Å². The van der Waals surface area contributed by atoms with E-state index < -0.39 is 0 Å². The van der Waals surface area contributed by atoms with E-state index in [4.69, 9.17) is 15.0 Å². The van der Waals surface area contributed by atoms with Crippen molar-refractivity contribution in [1.29, 1.82) is 0 Å². The number of imidazole rings is 1. The second-order valence-corrected chi connectivity index (χ2v) is 28.7. The van der Waals surface area contributed by atoms with Gasteiger partial charge in [-0.25, -0.2) is 4.98 Å². The van der Waals surface area contributed by atoms with Gasteiger partial charge in [-0.15, -0.1) is 0 Å². The third kappa shape index (κ3) is 16.4. The van der Waals surface area contributed by atoms with Crippen molar-refractivity contribution in [2.45, 2.75) is 226 Å². The number of aromatic amines is 2. The van der Waals surface area contributed by atoms with Crippen LogP contribution in [0.4, 0.5) is 17.1 Å². The van der Waals surface area contributed by atoms with Gasteiger partial charge in [0.2, 0.25) is 0 Å². The molecule has 0 aliphatic carbocycles. The smallest absolute Gasteiger partial charge is 0.109 e. The molecule has 3 aliphatic rings.